The fraction of sp³-hybridized carbons (Fsp3) is 0.875. The van der Waals surface area contributed by atoms with Crippen molar-refractivity contribution in [3.8, 4) is 0 Å². The highest BCUT2D eigenvalue weighted by atomic mass is 16.5. The molecule has 2 unspecified atom stereocenters. The molecule has 1 saturated heterocycles. The molecule has 0 aromatic rings. The lowest BCUT2D eigenvalue weighted by Gasteiger charge is -2.43. The molecule has 0 radical (unpaired) electrons. The van der Waals surface area contributed by atoms with Gasteiger partial charge in [-0.05, 0) is 59.3 Å². The van der Waals surface area contributed by atoms with Gasteiger partial charge in [0.25, 0.3) is 0 Å². The smallest absolute Gasteiger partial charge is 0.248 e. The predicted octanol–water partition coefficient (Wildman–Crippen LogP) is 1.71. The number of unbranched alkanes of at least 4 members (excludes halogenated alkanes) is 1. The average Bonchev–Trinajstić information content (AvgIpc) is 3.24. The first-order valence-electron chi connectivity index (χ1n) is 8.11. The lowest BCUT2D eigenvalue weighted by molar-refractivity contribution is -0.154. The van der Waals surface area contributed by atoms with E-state index >= 15 is 0 Å². The summed E-state index contributed by atoms with van der Waals surface area (Å²) in [5.74, 6) is 0.373. The van der Waals surface area contributed by atoms with Crippen LogP contribution >= 0.6 is 0 Å². The molecule has 0 aromatic carbocycles. The Labute approximate surface area is 127 Å². The van der Waals surface area contributed by atoms with Crippen molar-refractivity contribution in [2.24, 2.45) is 5.92 Å². The van der Waals surface area contributed by atoms with Gasteiger partial charge in [0.1, 0.15) is 11.6 Å². The molecule has 2 fully saturated rings. The molecule has 2 rings (SSSR count). The summed E-state index contributed by atoms with van der Waals surface area (Å²) >= 11 is 0. The summed E-state index contributed by atoms with van der Waals surface area (Å²) in [7, 11) is 0. The van der Waals surface area contributed by atoms with E-state index in [-0.39, 0.29) is 24.0 Å². The molecular formula is C16H28N2O3. The summed E-state index contributed by atoms with van der Waals surface area (Å²) < 4.78 is 5.51. The van der Waals surface area contributed by atoms with Gasteiger partial charge in [-0.15, -0.1) is 0 Å². The van der Waals surface area contributed by atoms with Gasteiger partial charge in [0.15, 0.2) is 0 Å². The lowest BCUT2D eigenvalue weighted by atomic mass is 9.89. The quantitative estimate of drug-likeness (QED) is 0.728. The van der Waals surface area contributed by atoms with Crippen molar-refractivity contribution in [3.05, 3.63) is 0 Å². The summed E-state index contributed by atoms with van der Waals surface area (Å²) in [4.78, 5) is 26.6. The SMILES string of the molecule is CC(C)OCCCCN1C(=O)C(C)(C2CC2)NC(=O)C1C. The molecule has 1 aliphatic heterocycles. The van der Waals surface area contributed by atoms with Crippen molar-refractivity contribution < 1.29 is 14.3 Å². The molecule has 0 aromatic heterocycles. The number of rotatable bonds is 7. The fourth-order valence-corrected chi connectivity index (χ4v) is 2.97. The molecule has 2 aliphatic rings. The maximum Gasteiger partial charge on any atom is 0.248 e. The van der Waals surface area contributed by atoms with Gasteiger partial charge in [-0.25, -0.2) is 0 Å². The van der Waals surface area contributed by atoms with Crippen molar-refractivity contribution in [1.82, 2.24) is 10.2 Å². The normalized spacial score (nSPS) is 30.0. The molecule has 1 aliphatic carbocycles. The topological polar surface area (TPSA) is 58.6 Å². The van der Waals surface area contributed by atoms with E-state index < -0.39 is 5.54 Å². The second-order valence-electron chi connectivity index (χ2n) is 6.77. The minimum Gasteiger partial charge on any atom is -0.379 e. The van der Waals surface area contributed by atoms with Gasteiger partial charge in [-0.2, -0.15) is 0 Å². The number of piperazine rings is 1. The van der Waals surface area contributed by atoms with Gasteiger partial charge in [0, 0.05) is 13.2 Å². The summed E-state index contributed by atoms with van der Waals surface area (Å²) in [5, 5.41) is 2.95. The largest absolute Gasteiger partial charge is 0.379 e. The monoisotopic (exact) mass is 296 g/mol. The number of ether oxygens (including phenoxy) is 1. The summed E-state index contributed by atoms with van der Waals surface area (Å²) in [5.41, 5.74) is -0.683. The van der Waals surface area contributed by atoms with E-state index in [1.54, 1.807) is 4.90 Å². The molecule has 0 spiro atoms. The van der Waals surface area contributed by atoms with E-state index in [1.165, 1.54) is 0 Å². The number of carbonyl (C=O) groups excluding carboxylic acids is 2. The van der Waals surface area contributed by atoms with Gasteiger partial charge >= 0.3 is 0 Å². The standard InChI is InChI=1S/C16H28N2O3/c1-11(2)21-10-6-5-9-18-12(3)14(19)17-16(4,15(18)20)13-7-8-13/h11-13H,5-10H2,1-4H3,(H,17,19). The highest BCUT2D eigenvalue weighted by molar-refractivity contribution is 5.99. The number of nitrogens with one attached hydrogen (secondary N) is 1. The van der Waals surface area contributed by atoms with E-state index in [9.17, 15) is 9.59 Å². The van der Waals surface area contributed by atoms with Gasteiger partial charge in [-0.1, -0.05) is 0 Å². The maximum absolute atomic E-state index is 12.7. The third-order valence-electron chi connectivity index (χ3n) is 4.57. The van der Waals surface area contributed by atoms with Crippen LogP contribution in [0, 0.1) is 5.92 Å². The molecule has 2 amide bonds. The molecule has 5 heteroatoms. The molecule has 1 saturated carbocycles. The first kappa shape index (κ1) is 16.3. The number of hydrogen-bond donors (Lipinski definition) is 1. The van der Waals surface area contributed by atoms with Gasteiger partial charge in [-0.3, -0.25) is 9.59 Å². The average molecular weight is 296 g/mol. The zero-order valence-corrected chi connectivity index (χ0v) is 13.6. The molecule has 0 bridgehead atoms. The number of carbonyl (C=O) groups is 2. The highest BCUT2D eigenvalue weighted by Gasteiger charge is 2.54. The van der Waals surface area contributed by atoms with Crippen LogP contribution in [0.4, 0.5) is 0 Å². The second-order valence-corrected chi connectivity index (χ2v) is 6.77. The Kier molecular flexibility index (Phi) is 4.91. The van der Waals surface area contributed by atoms with Gasteiger partial charge in [0.2, 0.25) is 11.8 Å². The summed E-state index contributed by atoms with van der Waals surface area (Å²) in [6.07, 6.45) is 4.09. The van der Waals surface area contributed by atoms with E-state index in [4.69, 9.17) is 4.74 Å². The van der Waals surface area contributed by atoms with Gasteiger partial charge < -0.3 is 15.0 Å². The molecule has 21 heavy (non-hydrogen) atoms. The van der Waals surface area contributed by atoms with Crippen LogP contribution in [0.2, 0.25) is 0 Å². The number of hydrogen-bond acceptors (Lipinski definition) is 3. The third kappa shape index (κ3) is 3.57. The molecular weight excluding hydrogens is 268 g/mol. The zero-order chi connectivity index (χ0) is 15.6. The second kappa shape index (κ2) is 6.34. The number of amides is 2. The highest BCUT2D eigenvalue weighted by Crippen LogP contribution is 2.42. The first-order valence-corrected chi connectivity index (χ1v) is 8.11. The van der Waals surface area contributed by atoms with Crippen molar-refractivity contribution in [3.63, 3.8) is 0 Å². The van der Waals surface area contributed by atoms with Crippen molar-refractivity contribution in [2.75, 3.05) is 13.2 Å². The van der Waals surface area contributed by atoms with Crippen LogP contribution < -0.4 is 5.32 Å². The molecule has 1 heterocycles. The Morgan fingerprint density at radius 3 is 2.57 bits per heavy atom. The van der Waals surface area contributed by atoms with Crippen LogP contribution in [0.25, 0.3) is 0 Å². The Balaban J connectivity index is 1.90. The van der Waals surface area contributed by atoms with Crippen LogP contribution in [0.15, 0.2) is 0 Å². The maximum atomic E-state index is 12.7. The zero-order valence-electron chi connectivity index (χ0n) is 13.6. The first-order chi connectivity index (χ1) is 9.86. The third-order valence-corrected chi connectivity index (χ3v) is 4.57. The lowest BCUT2D eigenvalue weighted by Crippen LogP contribution is -2.69. The Morgan fingerprint density at radius 2 is 2.00 bits per heavy atom. The Bertz CT molecular complexity index is 406. The van der Waals surface area contributed by atoms with E-state index in [1.807, 2.05) is 27.7 Å². The predicted molar refractivity (Wildman–Crippen MR) is 80.8 cm³/mol. The molecule has 2 atom stereocenters. The van der Waals surface area contributed by atoms with Crippen LogP contribution in [-0.4, -0.2) is 47.6 Å². The van der Waals surface area contributed by atoms with Crippen LogP contribution in [-0.2, 0) is 14.3 Å². The van der Waals surface area contributed by atoms with Crippen molar-refractivity contribution in [2.45, 2.75) is 71.1 Å². The Hall–Kier alpha value is -1.10. The fourth-order valence-electron chi connectivity index (χ4n) is 2.97. The molecule has 5 nitrogen and oxygen atoms in total. The van der Waals surface area contributed by atoms with E-state index in [0.717, 1.165) is 25.7 Å². The van der Waals surface area contributed by atoms with Crippen molar-refractivity contribution >= 4 is 11.8 Å². The van der Waals surface area contributed by atoms with Crippen LogP contribution in [0.3, 0.4) is 0 Å². The van der Waals surface area contributed by atoms with E-state index in [2.05, 4.69) is 5.32 Å². The van der Waals surface area contributed by atoms with Crippen LogP contribution in [0.1, 0.15) is 53.4 Å². The van der Waals surface area contributed by atoms with Crippen molar-refractivity contribution in [1.29, 1.82) is 0 Å². The minimum atomic E-state index is -0.683. The van der Waals surface area contributed by atoms with Crippen LogP contribution in [0.5, 0.6) is 0 Å². The summed E-state index contributed by atoms with van der Waals surface area (Å²) in [6, 6.07) is -0.365. The van der Waals surface area contributed by atoms with E-state index in [0.29, 0.717) is 19.1 Å². The molecule has 1 N–H and O–H groups in total. The summed E-state index contributed by atoms with van der Waals surface area (Å²) in [6.45, 7) is 9.07. The van der Waals surface area contributed by atoms with Gasteiger partial charge in [0.05, 0.1) is 6.10 Å². The molecule has 120 valence electrons. The Morgan fingerprint density at radius 1 is 1.33 bits per heavy atom. The minimum absolute atomic E-state index is 0.0255. The number of nitrogens with zero attached hydrogens (tertiary/aromatic N) is 1.